The van der Waals surface area contributed by atoms with E-state index in [9.17, 15) is 9.59 Å². The molecule has 7 heteroatoms. The number of rotatable bonds is 6. The van der Waals surface area contributed by atoms with Crippen LogP contribution in [0.3, 0.4) is 0 Å². The van der Waals surface area contributed by atoms with E-state index < -0.39 is 0 Å². The van der Waals surface area contributed by atoms with E-state index in [1.54, 1.807) is 12.1 Å². The van der Waals surface area contributed by atoms with Crippen molar-refractivity contribution in [1.29, 1.82) is 0 Å². The van der Waals surface area contributed by atoms with Gasteiger partial charge in [-0.15, -0.1) is 11.3 Å². The summed E-state index contributed by atoms with van der Waals surface area (Å²) in [6, 6.07) is 14.8. The summed E-state index contributed by atoms with van der Waals surface area (Å²) < 4.78 is 5.44. The van der Waals surface area contributed by atoms with Crippen LogP contribution in [0, 0.1) is 6.92 Å². The normalized spacial score (nSPS) is 15.1. The number of carbonyl (C=O) groups excluding carboxylic acids is 2. The highest BCUT2D eigenvalue weighted by atomic mass is 32.1. The number of nitrogens with zero attached hydrogens (tertiary/aromatic N) is 1. The third-order valence-corrected chi connectivity index (χ3v) is 6.28. The highest BCUT2D eigenvalue weighted by molar-refractivity contribution is 7.16. The zero-order valence-electron chi connectivity index (χ0n) is 17.6. The maximum atomic E-state index is 13.0. The van der Waals surface area contributed by atoms with Crippen LogP contribution in [0.25, 0.3) is 0 Å². The van der Waals surface area contributed by atoms with E-state index in [2.05, 4.69) is 15.6 Å². The maximum absolute atomic E-state index is 13.0. The van der Waals surface area contributed by atoms with Gasteiger partial charge in [-0.2, -0.15) is 0 Å². The number of carbonyl (C=O) groups is 2. The second kappa shape index (κ2) is 9.31. The largest absolute Gasteiger partial charge is 0.494 e. The van der Waals surface area contributed by atoms with Crippen LogP contribution in [-0.4, -0.2) is 23.4 Å². The molecule has 4 rings (SSSR count). The molecule has 2 aromatic carbocycles. The summed E-state index contributed by atoms with van der Waals surface area (Å²) in [5.41, 5.74) is 3.19. The molecule has 2 amide bonds. The quantitative estimate of drug-likeness (QED) is 0.560. The van der Waals surface area contributed by atoms with Crippen molar-refractivity contribution in [3.63, 3.8) is 0 Å². The Morgan fingerprint density at radius 2 is 1.84 bits per heavy atom. The first kappa shape index (κ1) is 21.1. The molecule has 0 spiro atoms. The summed E-state index contributed by atoms with van der Waals surface area (Å²) in [4.78, 5) is 31.2. The van der Waals surface area contributed by atoms with Gasteiger partial charge < -0.3 is 10.1 Å². The number of benzene rings is 2. The third kappa shape index (κ3) is 4.94. The Morgan fingerprint density at radius 3 is 2.55 bits per heavy atom. The first-order valence-electron chi connectivity index (χ1n) is 10.4. The fraction of sp³-hybridized carbons (Fsp3) is 0.292. The lowest BCUT2D eigenvalue weighted by Crippen LogP contribution is -2.24. The monoisotopic (exact) mass is 435 g/mol. The van der Waals surface area contributed by atoms with Gasteiger partial charge in [0.2, 0.25) is 5.91 Å². The fourth-order valence-corrected chi connectivity index (χ4v) is 4.69. The molecule has 3 aromatic rings. The Balaban J connectivity index is 1.46. The second-order valence-electron chi connectivity index (χ2n) is 7.54. The van der Waals surface area contributed by atoms with Crippen LogP contribution < -0.4 is 15.4 Å². The molecule has 1 aromatic heterocycles. The van der Waals surface area contributed by atoms with E-state index in [1.807, 2.05) is 50.2 Å². The lowest BCUT2D eigenvalue weighted by atomic mass is 9.90. The van der Waals surface area contributed by atoms with Gasteiger partial charge in [0, 0.05) is 16.1 Å². The number of aryl methyl sites for hydroxylation is 2. The van der Waals surface area contributed by atoms with Crippen molar-refractivity contribution in [2.24, 2.45) is 0 Å². The standard InChI is InChI=1S/C24H25N3O3S/c1-3-30-18-13-11-17(12-14-18)25-23(29)19-5-4-6-20-21(19)26-24(31-20)27-22(28)16-9-7-15(2)8-10-16/h7-14,19H,3-6H2,1-2H3,(H,25,29)(H,26,27,28). The van der Waals surface area contributed by atoms with E-state index in [4.69, 9.17) is 4.74 Å². The van der Waals surface area contributed by atoms with Gasteiger partial charge in [0.05, 0.1) is 18.2 Å². The Kier molecular flexibility index (Phi) is 6.32. The number of fused-ring (bicyclic) bond motifs is 1. The molecule has 1 unspecified atom stereocenters. The predicted molar refractivity (Wildman–Crippen MR) is 123 cm³/mol. The van der Waals surface area contributed by atoms with Gasteiger partial charge in [0.25, 0.3) is 5.91 Å². The SMILES string of the molecule is CCOc1ccc(NC(=O)C2CCCc3sc(NC(=O)c4ccc(C)cc4)nc32)cc1. The highest BCUT2D eigenvalue weighted by Crippen LogP contribution is 2.37. The van der Waals surface area contributed by atoms with Gasteiger partial charge >= 0.3 is 0 Å². The van der Waals surface area contributed by atoms with Crippen molar-refractivity contribution in [2.75, 3.05) is 17.2 Å². The zero-order chi connectivity index (χ0) is 21.8. The van der Waals surface area contributed by atoms with Gasteiger partial charge in [-0.05, 0) is 69.5 Å². The fourth-order valence-electron chi connectivity index (χ4n) is 3.63. The summed E-state index contributed by atoms with van der Waals surface area (Å²) in [5, 5.41) is 6.41. The van der Waals surface area contributed by atoms with Crippen LogP contribution >= 0.6 is 11.3 Å². The summed E-state index contributed by atoms with van der Waals surface area (Å²) in [6.07, 6.45) is 2.53. The second-order valence-corrected chi connectivity index (χ2v) is 8.62. The number of thiazole rings is 1. The number of hydrogen-bond acceptors (Lipinski definition) is 5. The van der Waals surface area contributed by atoms with Crippen LogP contribution in [0.15, 0.2) is 48.5 Å². The van der Waals surface area contributed by atoms with E-state index >= 15 is 0 Å². The van der Waals surface area contributed by atoms with Crippen LogP contribution in [0.2, 0.25) is 0 Å². The van der Waals surface area contributed by atoms with E-state index in [1.165, 1.54) is 11.3 Å². The molecule has 1 aliphatic rings. The number of anilines is 2. The zero-order valence-corrected chi connectivity index (χ0v) is 18.4. The van der Waals surface area contributed by atoms with Crippen LogP contribution in [0.4, 0.5) is 10.8 Å². The molecular formula is C24H25N3O3S. The smallest absolute Gasteiger partial charge is 0.257 e. The summed E-state index contributed by atoms with van der Waals surface area (Å²) in [6.45, 7) is 4.51. The summed E-state index contributed by atoms with van der Waals surface area (Å²) in [5.74, 6) is 0.179. The number of amides is 2. The van der Waals surface area contributed by atoms with Crippen molar-refractivity contribution >= 4 is 34.0 Å². The molecule has 0 saturated carbocycles. The molecule has 2 N–H and O–H groups in total. The van der Waals surface area contributed by atoms with Crippen molar-refractivity contribution in [1.82, 2.24) is 4.98 Å². The minimum Gasteiger partial charge on any atom is -0.494 e. The van der Waals surface area contributed by atoms with Gasteiger partial charge in [0.1, 0.15) is 5.75 Å². The van der Waals surface area contributed by atoms with Crippen LogP contribution in [0.5, 0.6) is 5.75 Å². The minimum atomic E-state index is -0.323. The van der Waals surface area contributed by atoms with Gasteiger partial charge in [-0.3, -0.25) is 14.9 Å². The molecule has 1 aliphatic carbocycles. The molecule has 1 atom stereocenters. The molecule has 0 saturated heterocycles. The number of aromatic nitrogens is 1. The molecule has 0 fully saturated rings. The van der Waals surface area contributed by atoms with Crippen molar-refractivity contribution in [3.8, 4) is 5.75 Å². The minimum absolute atomic E-state index is 0.0770. The van der Waals surface area contributed by atoms with Crippen LogP contribution in [0.1, 0.15) is 52.2 Å². The van der Waals surface area contributed by atoms with E-state index in [-0.39, 0.29) is 17.7 Å². The van der Waals surface area contributed by atoms with Gasteiger partial charge in [-0.1, -0.05) is 17.7 Å². The maximum Gasteiger partial charge on any atom is 0.257 e. The first-order chi connectivity index (χ1) is 15.0. The average Bonchev–Trinajstić information content (AvgIpc) is 3.18. The Hall–Kier alpha value is -3.19. The highest BCUT2D eigenvalue weighted by Gasteiger charge is 2.30. The number of nitrogens with one attached hydrogen (secondary N) is 2. The Labute approximate surface area is 185 Å². The summed E-state index contributed by atoms with van der Waals surface area (Å²) in [7, 11) is 0. The molecule has 0 radical (unpaired) electrons. The van der Waals surface area contributed by atoms with Gasteiger partial charge in [0.15, 0.2) is 5.13 Å². The van der Waals surface area contributed by atoms with Crippen molar-refractivity contribution < 1.29 is 14.3 Å². The first-order valence-corrected chi connectivity index (χ1v) is 11.3. The summed E-state index contributed by atoms with van der Waals surface area (Å²) >= 11 is 1.46. The van der Waals surface area contributed by atoms with Crippen molar-refractivity contribution in [3.05, 3.63) is 70.2 Å². The molecule has 31 heavy (non-hydrogen) atoms. The van der Waals surface area contributed by atoms with E-state index in [0.717, 1.165) is 46.8 Å². The van der Waals surface area contributed by atoms with Gasteiger partial charge in [-0.25, -0.2) is 4.98 Å². The molecule has 160 valence electrons. The predicted octanol–water partition coefficient (Wildman–Crippen LogP) is 5.16. The number of hydrogen-bond donors (Lipinski definition) is 2. The molecule has 1 heterocycles. The lowest BCUT2D eigenvalue weighted by molar-refractivity contribution is -0.117. The van der Waals surface area contributed by atoms with Crippen molar-refractivity contribution in [2.45, 2.75) is 39.0 Å². The lowest BCUT2D eigenvalue weighted by Gasteiger charge is -2.20. The molecule has 0 aliphatic heterocycles. The number of ether oxygens (including phenoxy) is 1. The Morgan fingerprint density at radius 1 is 1.10 bits per heavy atom. The third-order valence-electron chi connectivity index (χ3n) is 5.24. The topological polar surface area (TPSA) is 80.3 Å². The Bertz CT molecular complexity index is 1070. The average molecular weight is 436 g/mol. The molecule has 0 bridgehead atoms. The molecular weight excluding hydrogens is 410 g/mol. The van der Waals surface area contributed by atoms with E-state index in [0.29, 0.717) is 17.3 Å². The molecule has 6 nitrogen and oxygen atoms in total. The van der Waals surface area contributed by atoms with Crippen LogP contribution in [-0.2, 0) is 11.2 Å².